The summed E-state index contributed by atoms with van der Waals surface area (Å²) in [5.74, 6) is 0.475. The molecule has 0 aromatic rings. The summed E-state index contributed by atoms with van der Waals surface area (Å²) in [5.41, 5.74) is 0. The molecule has 1 aliphatic heterocycles. The molecular weight excluding hydrogens is 204 g/mol. The molecule has 1 N–H and O–H groups in total. The quantitative estimate of drug-likeness (QED) is 0.706. The Morgan fingerprint density at radius 3 is 2.81 bits per heavy atom. The molecule has 0 bridgehead atoms. The third-order valence-corrected chi connectivity index (χ3v) is 3.01. The lowest BCUT2D eigenvalue weighted by atomic mass is 9.95. The predicted octanol–water partition coefficient (Wildman–Crippen LogP) is 0.814. The van der Waals surface area contributed by atoms with Crippen LogP contribution in [0.1, 0.15) is 32.6 Å². The van der Waals surface area contributed by atoms with E-state index in [1.807, 2.05) is 0 Å². The van der Waals surface area contributed by atoms with E-state index in [9.17, 15) is 9.59 Å². The normalized spacial score (nSPS) is 21.8. The number of piperidine rings is 1. The van der Waals surface area contributed by atoms with Gasteiger partial charge in [0.25, 0.3) is 0 Å². The molecular formula is C12H22N2O2. The highest BCUT2D eigenvalue weighted by Crippen LogP contribution is 2.17. The highest BCUT2D eigenvalue weighted by atomic mass is 16.2. The number of carbonyl (C=O) groups excluding carboxylic acids is 2. The van der Waals surface area contributed by atoms with Gasteiger partial charge >= 0.3 is 0 Å². The zero-order chi connectivity index (χ0) is 12.0. The highest BCUT2D eigenvalue weighted by Gasteiger charge is 2.16. The van der Waals surface area contributed by atoms with Gasteiger partial charge in [-0.25, -0.2) is 0 Å². The molecule has 0 aromatic heterocycles. The van der Waals surface area contributed by atoms with Crippen LogP contribution in [0, 0.1) is 5.92 Å². The van der Waals surface area contributed by atoms with Crippen LogP contribution in [0.3, 0.4) is 0 Å². The number of Topliss-reactive ketones (excluding diaryl/α,β-unsaturated/α-hetero) is 1. The van der Waals surface area contributed by atoms with Gasteiger partial charge in [-0.2, -0.15) is 0 Å². The number of hydrogen-bond donors (Lipinski definition) is 1. The SMILES string of the molecule is CC(=O)CC(=O)NCCC1CCCN(C)C1. The lowest BCUT2D eigenvalue weighted by Gasteiger charge is -2.29. The van der Waals surface area contributed by atoms with E-state index in [1.54, 1.807) is 0 Å². The van der Waals surface area contributed by atoms with Crippen molar-refractivity contribution in [2.24, 2.45) is 5.92 Å². The van der Waals surface area contributed by atoms with Crippen LogP contribution < -0.4 is 5.32 Å². The van der Waals surface area contributed by atoms with E-state index in [4.69, 9.17) is 0 Å². The largest absolute Gasteiger partial charge is 0.356 e. The zero-order valence-corrected chi connectivity index (χ0v) is 10.3. The van der Waals surface area contributed by atoms with Crippen molar-refractivity contribution in [2.75, 3.05) is 26.7 Å². The minimum absolute atomic E-state index is 0.0184. The fourth-order valence-electron chi connectivity index (χ4n) is 2.21. The maximum Gasteiger partial charge on any atom is 0.227 e. The summed E-state index contributed by atoms with van der Waals surface area (Å²) >= 11 is 0. The Balaban J connectivity index is 2.10. The van der Waals surface area contributed by atoms with Gasteiger partial charge in [-0.3, -0.25) is 9.59 Å². The molecule has 0 aromatic carbocycles. The second kappa shape index (κ2) is 6.63. The summed E-state index contributed by atoms with van der Waals surface area (Å²) in [4.78, 5) is 24.3. The Labute approximate surface area is 97.4 Å². The molecule has 4 nitrogen and oxygen atoms in total. The lowest BCUT2D eigenvalue weighted by molar-refractivity contribution is -0.127. The van der Waals surface area contributed by atoms with Crippen molar-refractivity contribution < 1.29 is 9.59 Å². The molecule has 0 aliphatic carbocycles. The minimum atomic E-state index is -0.142. The van der Waals surface area contributed by atoms with E-state index >= 15 is 0 Å². The van der Waals surface area contributed by atoms with Gasteiger partial charge in [0, 0.05) is 13.1 Å². The first-order chi connectivity index (χ1) is 7.58. The first-order valence-corrected chi connectivity index (χ1v) is 6.02. The van der Waals surface area contributed by atoms with Gasteiger partial charge in [-0.1, -0.05) is 0 Å². The predicted molar refractivity (Wildman–Crippen MR) is 63.1 cm³/mol. The van der Waals surface area contributed by atoms with Gasteiger partial charge in [-0.15, -0.1) is 0 Å². The van der Waals surface area contributed by atoms with E-state index in [1.165, 1.54) is 26.3 Å². The van der Waals surface area contributed by atoms with E-state index in [2.05, 4.69) is 17.3 Å². The average molecular weight is 226 g/mol. The smallest absolute Gasteiger partial charge is 0.227 e. The third-order valence-electron chi connectivity index (χ3n) is 3.01. The molecule has 1 heterocycles. The third kappa shape index (κ3) is 5.26. The second-order valence-corrected chi connectivity index (χ2v) is 4.79. The molecule has 1 aliphatic rings. The first kappa shape index (κ1) is 13.2. The van der Waals surface area contributed by atoms with Crippen LogP contribution in [0.5, 0.6) is 0 Å². The Morgan fingerprint density at radius 1 is 1.44 bits per heavy atom. The maximum atomic E-state index is 11.2. The number of carbonyl (C=O) groups is 2. The maximum absolute atomic E-state index is 11.2. The highest BCUT2D eigenvalue weighted by molar-refractivity contribution is 5.96. The van der Waals surface area contributed by atoms with Gasteiger partial charge in [0.05, 0.1) is 6.42 Å². The average Bonchev–Trinajstić information content (AvgIpc) is 2.16. The molecule has 0 spiro atoms. The summed E-state index contributed by atoms with van der Waals surface area (Å²) < 4.78 is 0. The van der Waals surface area contributed by atoms with Crippen LogP contribution in [0.4, 0.5) is 0 Å². The van der Waals surface area contributed by atoms with Gasteiger partial charge in [0.1, 0.15) is 5.78 Å². The number of rotatable bonds is 5. The van der Waals surface area contributed by atoms with E-state index < -0.39 is 0 Å². The molecule has 1 fully saturated rings. The molecule has 1 atom stereocenters. The Hall–Kier alpha value is -0.900. The number of likely N-dealkylation sites (tertiary alicyclic amines) is 1. The van der Waals surface area contributed by atoms with Gasteiger partial charge in [-0.05, 0) is 45.7 Å². The van der Waals surface area contributed by atoms with Crippen LogP contribution in [0.2, 0.25) is 0 Å². The Kier molecular flexibility index (Phi) is 5.46. The molecule has 1 rings (SSSR count). The minimum Gasteiger partial charge on any atom is -0.356 e. The second-order valence-electron chi connectivity index (χ2n) is 4.79. The van der Waals surface area contributed by atoms with Crippen molar-refractivity contribution >= 4 is 11.7 Å². The van der Waals surface area contributed by atoms with Crippen molar-refractivity contribution in [3.05, 3.63) is 0 Å². The molecule has 16 heavy (non-hydrogen) atoms. The van der Waals surface area contributed by atoms with Crippen LogP contribution in [-0.2, 0) is 9.59 Å². The molecule has 1 saturated heterocycles. The first-order valence-electron chi connectivity index (χ1n) is 6.02. The summed E-state index contributed by atoms with van der Waals surface area (Å²) in [5, 5.41) is 2.80. The molecule has 0 radical (unpaired) electrons. The van der Waals surface area contributed by atoms with Gasteiger partial charge < -0.3 is 10.2 Å². The Bertz CT molecular complexity index is 253. The van der Waals surface area contributed by atoms with Crippen LogP contribution >= 0.6 is 0 Å². The number of nitrogens with one attached hydrogen (secondary N) is 1. The van der Waals surface area contributed by atoms with Crippen LogP contribution in [-0.4, -0.2) is 43.3 Å². The zero-order valence-electron chi connectivity index (χ0n) is 10.3. The van der Waals surface area contributed by atoms with Crippen LogP contribution in [0.25, 0.3) is 0 Å². The number of amides is 1. The van der Waals surface area contributed by atoms with E-state index in [0.717, 1.165) is 13.0 Å². The molecule has 4 heteroatoms. The lowest BCUT2D eigenvalue weighted by Crippen LogP contribution is -2.34. The van der Waals surface area contributed by atoms with Crippen molar-refractivity contribution in [3.63, 3.8) is 0 Å². The van der Waals surface area contributed by atoms with Crippen molar-refractivity contribution in [1.29, 1.82) is 0 Å². The van der Waals surface area contributed by atoms with Crippen molar-refractivity contribution in [3.8, 4) is 0 Å². The summed E-state index contributed by atoms with van der Waals surface area (Å²) in [6, 6.07) is 0. The van der Waals surface area contributed by atoms with E-state index in [-0.39, 0.29) is 18.1 Å². The standard InChI is InChI=1S/C12H22N2O2/c1-10(15)8-12(16)13-6-5-11-4-3-7-14(2)9-11/h11H,3-9H2,1-2H3,(H,13,16). The molecule has 92 valence electrons. The number of ketones is 1. The topological polar surface area (TPSA) is 49.4 Å². The monoisotopic (exact) mass is 226 g/mol. The van der Waals surface area contributed by atoms with Crippen LogP contribution in [0.15, 0.2) is 0 Å². The summed E-state index contributed by atoms with van der Waals surface area (Å²) in [6.07, 6.45) is 3.55. The van der Waals surface area contributed by atoms with E-state index in [0.29, 0.717) is 12.5 Å². The van der Waals surface area contributed by atoms with Crippen molar-refractivity contribution in [1.82, 2.24) is 10.2 Å². The van der Waals surface area contributed by atoms with Gasteiger partial charge in [0.2, 0.25) is 5.91 Å². The fraction of sp³-hybridized carbons (Fsp3) is 0.833. The van der Waals surface area contributed by atoms with Crippen molar-refractivity contribution in [2.45, 2.75) is 32.6 Å². The molecule has 1 amide bonds. The summed E-state index contributed by atoms with van der Waals surface area (Å²) in [7, 11) is 2.14. The summed E-state index contributed by atoms with van der Waals surface area (Å²) in [6.45, 7) is 4.45. The Morgan fingerprint density at radius 2 is 2.19 bits per heavy atom. The molecule has 0 saturated carbocycles. The molecule has 1 unspecified atom stereocenters. The fourth-order valence-corrected chi connectivity index (χ4v) is 2.21. The number of hydrogen-bond acceptors (Lipinski definition) is 3. The van der Waals surface area contributed by atoms with Gasteiger partial charge in [0.15, 0.2) is 0 Å². The number of nitrogens with zero attached hydrogens (tertiary/aromatic N) is 1.